The molecule has 1 spiro atoms. The lowest BCUT2D eigenvalue weighted by atomic mass is 9.77. The summed E-state index contributed by atoms with van der Waals surface area (Å²) in [6.45, 7) is 5.63. The molecule has 1 amide bonds. The van der Waals surface area contributed by atoms with Crippen LogP contribution in [0.15, 0.2) is 36.9 Å². The number of hydrogen-bond acceptors (Lipinski definition) is 5. The second-order valence-electron chi connectivity index (χ2n) is 7.27. The summed E-state index contributed by atoms with van der Waals surface area (Å²) in [6, 6.07) is 3.65. The summed E-state index contributed by atoms with van der Waals surface area (Å²) in [5.41, 5.74) is 2.05. The van der Waals surface area contributed by atoms with E-state index in [9.17, 15) is 4.79 Å². The molecular weight excluding hydrogens is 314 g/mol. The molecule has 130 valence electrons. The van der Waals surface area contributed by atoms with E-state index in [4.69, 9.17) is 0 Å². The Hall–Kier alpha value is -2.50. The van der Waals surface area contributed by atoms with Gasteiger partial charge >= 0.3 is 0 Å². The Labute approximate surface area is 147 Å². The fraction of sp³-hybridized carbons (Fsp3) is 0.474. The van der Waals surface area contributed by atoms with Gasteiger partial charge in [0, 0.05) is 51.0 Å². The molecule has 0 atom stereocenters. The van der Waals surface area contributed by atoms with Crippen molar-refractivity contribution < 1.29 is 4.79 Å². The van der Waals surface area contributed by atoms with Crippen LogP contribution in [0.2, 0.25) is 0 Å². The SMILES string of the molecule is Cc1cnc(N2CCC3(CCN(C(=O)c4cccnc4)CC3)C2)nc1. The quantitative estimate of drug-likeness (QED) is 0.841. The van der Waals surface area contributed by atoms with Gasteiger partial charge in [-0.2, -0.15) is 0 Å². The van der Waals surface area contributed by atoms with Gasteiger partial charge in [0.15, 0.2) is 0 Å². The number of aromatic nitrogens is 3. The molecule has 2 aromatic heterocycles. The number of hydrogen-bond donors (Lipinski definition) is 0. The van der Waals surface area contributed by atoms with Gasteiger partial charge in [0.1, 0.15) is 0 Å². The zero-order chi connectivity index (χ0) is 17.3. The zero-order valence-corrected chi connectivity index (χ0v) is 14.6. The molecule has 2 aromatic rings. The Bertz CT molecular complexity index is 738. The number of carbonyl (C=O) groups is 1. The van der Waals surface area contributed by atoms with Crippen molar-refractivity contribution in [1.29, 1.82) is 0 Å². The van der Waals surface area contributed by atoms with Gasteiger partial charge in [-0.3, -0.25) is 9.78 Å². The first-order valence-corrected chi connectivity index (χ1v) is 8.88. The lowest BCUT2D eigenvalue weighted by molar-refractivity contribution is 0.0609. The Morgan fingerprint density at radius 1 is 1.08 bits per heavy atom. The highest BCUT2D eigenvalue weighted by Gasteiger charge is 2.42. The monoisotopic (exact) mass is 337 g/mol. The van der Waals surface area contributed by atoms with Gasteiger partial charge in [-0.15, -0.1) is 0 Å². The molecule has 6 heteroatoms. The molecule has 0 unspecified atom stereocenters. The van der Waals surface area contributed by atoms with Crippen molar-refractivity contribution in [2.24, 2.45) is 5.41 Å². The molecule has 2 aliphatic rings. The topological polar surface area (TPSA) is 62.2 Å². The predicted molar refractivity (Wildman–Crippen MR) is 95.4 cm³/mol. The van der Waals surface area contributed by atoms with Crippen molar-refractivity contribution in [1.82, 2.24) is 19.9 Å². The fourth-order valence-corrected chi connectivity index (χ4v) is 3.92. The largest absolute Gasteiger partial charge is 0.340 e. The lowest BCUT2D eigenvalue weighted by Crippen LogP contribution is -2.44. The number of nitrogens with zero attached hydrogens (tertiary/aromatic N) is 5. The summed E-state index contributed by atoms with van der Waals surface area (Å²) >= 11 is 0. The van der Waals surface area contributed by atoms with Crippen molar-refractivity contribution in [2.45, 2.75) is 26.2 Å². The number of likely N-dealkylation sites (tertiary alicyclic amines) is 1. The number of aryl methyl sites for hydroxylation is 1. The number of carbonyl (C=O) groups excluding carboxylic acids is 1. The van der Waals surface area contributed by atoms with Crippen LogP contribution >= 0.6 is 0 Å². The molecule has 6 nitrogen and oxygen atoms in total. The van der Waals surface area contributed by atoms with Gasteiger partial charge in [0.25, 0.3) is 5.91 Å². The third-order valence-corrected chi connectivity index (χ3v) is 5.51. The Kier molecular flexibility index (Phi) is 4.11. The van der Waals surface area contributed by atoms with Crippen molar-refractivity contribution in [2.75, 3.05) is 31.1 Å². The van der Waals surface area contributed by atoms with Gasteiger partial charge in [0.05, 0.1) is 5.56 Å². The first kappa shape index (κ1) is 16.0. The maximum atomic E-state index is 12.6. The van der Waals surface area contributed by atoms with Crippen LogP contribution in [0.25, 0.3) is 0 Å². The normalized spacial score (nSPS) is 19.4. The molecular formula is C19H23N5O. The summed E-state index contributed by atoms with van der Waals surface area (Å²) < 4.78 is 0. The number of anilines is 1. The Morgan fingerprint density at radius 2 is 1.80 bits per heavy atom. The van der Waals surface area contributed by atoms with Crippen LogP contribution in [0.4, 0.5) is 5.95 Å². The van der Waals surface area contributed by atoms with Crippen LogP contribution in [0.5, 0.6) is 0 Å². The minimum absolute atomic E-state index is 0.0969. The molecule has 4 rings (SSSR count). The number of pyridine rings is 1. The predicted octanol–water partition coefficient (Wildman–Crippen LogP) is 2.31. The average molecular weight is 337 g/mol. The molecule has 0 saturated carbocycles. The maximum absolute atomic E-state index is 12.6. The van der Waals surface area contributed by atoms with Crippen LogP contribution in [-0.4, -0.2) is 51.9 Å². The van der Waals surface area contributed by atoms with E-state index < -0.39 is 0 Å². The van der Waals surface area contributed by atoms with Gasteiger partial charge < -0.3 is 9.80 Å². The molecule has 25 heavy (non-hydrogen) atoms. The number of piperidine rings is 1. The summed E-state index contributed by atoms with van der Waals surface area (Å²) in [4.78, 5) is 29.8. The first-order chi connectivity index (χ1) is 12.2. The highest BCUT2D eigenvalue weighted by Crippen LogP contribution is 2.41. The number of rotatable bonds is 2. The van der Waals surface area contributed by atoms with Crippen LogP contribution < -0.4 is 4.90 Å². The Morgan fingerprint density at radius 3 is 2.48 bits per heavy atom. The lowest BCUT2D eigenvalue weighted by Gasteiger charge is -2.39. The van der Waals surface area contributed by atoms with Gasteiger partial charge in [-0.25, -0.2) is 9.97 Å². The Balaban J connectivity index is 1.38. The third kappa shape index (κ3) is 3.21. The highest BCUT2D eigenvalue weighted by molar-refractivity contribution is 5.93. The zero-order valence-electron chi connectivity index (χ0n) is 14.6. The van der Waals surface area contributed by atoms with Crippen molar-refractivity contribution in [3.05, 3.63) is 48.0 Å². The van der Waals surface area contributed by atoms with E-state index in [0.29, 0.717) is 11.0 Å². The summed E-state index contributed by atoms with van der Waals surface area (Å²) in [7, 11) is 0. The van der Waals surface area contributed by atoms with Crippen LogP contribution in [-0.2, 0) is 0 Å². The van der Waals surface area contributed by atoms with Crippen molar-refractivity contribution in [3.8, 4) is 0 Å². The molecule has 2 fully saturated rings. The van der Waals surface area contributed by atoms with E-state index in [1.54, 1.807) is 12.4 Å². The molecule has 0 aromatic carbocycles. The second-order valence-corrected chi connectivity index (χ2v) is 7.27. The minimum Gasteiger partial charge on any atom is -0.340 e. The summed E-state index contributed by atoms with van der Waals surface area (Å²) in [5.74, 6) is 0.927. The smallest absolute Gasteiger partial charge is 0.255 e. The van der Waals surface area contributed by atoms with E-state index >= 15 is 0 Å². The molecule has 0 radical (unpaired) electrons. The third-order valence-electron chi connectivity index (χ3n) is 5.51. The summed E-state index contributed by atoms with van der Waals surface area (Å²) in [6.07, 6.45) is 10.3. The molecule has 2 aliphatic heterocycles. The van der Waals surface area contributed by atoms with Crippen LogP contribution in [0.1, 0.15) is 35.2 Å². The molecule has 4 heterocycles. The molecule has 2 saturated heterocycles. The first-order valence-electron chi connectivity index (χ1n) is 8.88. The van der Waals surface area contributed by atoms with Gasteiger partial charge in [0.2, 0.25) is 5.95 Å². The van der Waals surface area contributed by atoms with Crippen LogP contribution in [0, 0.1) is 12.3 Å². The van der Waals surface area contributed by atoms with E-state index in [-0.39, 0.29) is 5.91 Å². The number of amides is 1. The van der Waals surface area contributed by atoms with Gasteiger partial charge in [-0.1, -0.05) is 0 Å². The highest BCUT2D eigenvalue weighted by atomic mass is 16.2. The van der Waals surface area contributed by atoms with E-state index in [2.05, 4.69) is 19.9 Å². The van der Waals surface area contributed by atoms with E-state index in [0.717, 1.165) is 57.0 Å². The van der Waals surface area contributed by atoms with E-state index in [1.165, 1.54) is 0 Å². The van der Waals surface area contributed by atoms with Gasteiger partial charge in [-0.05, 0) is 49.3 Å². The van der Waals surface area contributed by atoms with Crippen molar-refractivity contribution in [3.63, 3.8) is 0 Å². The fourth-order valence-electron chi connectivity index (χ4n) is 3.92. The van der Waals surface area contributed by atoms with Crippen molar-refractivity contribution >= 4 is 11.9 Å². The molecule has 0 aliphatic carbocycles. The average Bonchev–Trinajstić information content (AvgIpc) is 3.07. The van der Waals surface area contributed by atoms with E-state index in [1.807, 2.05) is 36.4 Å². The maximum Gasteiger partial charge on any atom is 0.255 e. The molecule has 0 bridgehead atoms. The molecule has 0 N–H and O–H groups in total. The summed E-state index contributed by atoms with van der Waals surface area (Å²) in [5, 5.41) is 0. The minimum atomic E-state index is 0.0969. The standard InChI is InChI=1S/C19H23N5O/c1-15-11-21-18(22-12-15)24-10-6-19(14-24)4-8-23(9-5-19)17(25)16-3-2-7-20-13-16/h2-3,7,11-13H,4-6,8-10,14H2,1H3. The van der Waals surface area contributed by atoms with Crippen LogP contribution in [0.3, 0.4) is 0 Å². The second kappa shape index (κ2) is 6.43.